The summed E-state index contributed by atoms with van der Waals surface area (Å²) in [5.41, 5.74) is 5.46. The van der Waals surface area contributed by atoms with Gasteiger partial charge in [-0.1, -0.05) is 19.1 Å². The van der Waals surface area contributed by atoms with E-state index in [2.05, 4.69) is 28.2 Å². The summed E-state index contributed by atoms with van der Waals surface area (Å²) in [6.07, 6.45) is 3.37. The van der Waals surface area contributed by atoms with Gasteiger partial charge in [-0.2, -0.15) is 0 Å². The van der Waals surface area contributed by atoms with Gasteiger partial charge in [0.05, 0.1) is 16.1 Å². The average Bonchev–Trinajstić information content (AvgIpc) is 2.44. The smallest absolute Gasteiger partial charge is 0.253 e. The van der Waals surface area contributed by atoms with E-state index in [1.54, 1.807) is 0 Å². The monoisotopic (exact) mass is 372 g/mol. The van der Waals surface area contributed by atoms with Crippen LogP contribution in [0.5, 0.6) is 0 Å². The zero-order chi connectivity index (χ0) is 15.6. The van der Waals surface area contributed by atoms with Crippen LogP contribution in [-0.2, 0) is 0 Å². The number of benzene rings is 1. The van der Waals surface area contributed by atoms with Crippen LogP contribution in [-0.4, -0.2) is 16.4 Å². The number of hydrogen-bond donors (Lipinski definition) is 2. The van der Waals surface area contributed by atoms with E-state index >= 15 is 0 Å². The molecule has 1 aromatic carbocycles. The van der Waals surface area contributed by atoms with Crippen LogP contribution in [0.4, 0.5) is 4.39 Å². The van der Waals surface area contributed by atoms with Crippen molar-refractivity contribution < 1.29 is 9.18 Å². The molecule has 0 saturated heterocycles. The minimum atomic E-state index is -0.662. The van der Waals surface area contributed by atoms with Gasteiger partial charge < -0.3 is 11.1 Å². The van der Waals surface area contributed by atoms with Crippen molar-refractivity contribution in [3.05, 3.63) is 34.1 Å². The third-order valence-electron chi connectivity index (χ3n) is 4.13. The second kappa shape index (κ2) is 6.40. The first-order valence-corrected chi connectivity index (χ1v) is 8.12. The van der Waals surface area contributed by atoms with Crippen molar-refractivity contribution in [3.8, 4) is 0 Å². The van der Waals surface area contributed by atoms with Crippen LogP contribution >= 0.6 is 28.1 Å². The maximum atomic E-state index is 13.3. The summed E-state index contributed by atoms with van der Waals surface area (Å²) in [6, 6.07) is 4.02. The molecule has 1 aliphatic rings. The number of halogens is 2. The predicted molar refractivity (Wildman–Crippen MR) is 88.7 cm³/mol. The molecule has 21 heavy (non-hydrogen) atoms. The SMILES string of the molecule is CC1CCC(NC(=O)c2cc(F)ccc2Br)(C(N)=S)CC1. The molecule has 0 unspecified atom stereocenters. The summed E-state index contributed by atoms with van der Waals surface area (Å²) in [5, 5.41) is 2.93. The summed E-state index contributed by atoms with van der Waals surface area (Å²) >= 11 is 8.44. The van der Waals surface area contributed by atoms with Crippen molar-refractivity contribution in [2.45, 2.75) is 38.1 Å². The van der Waals surface area contributed by atoms with E-state index in [0.29, 0.717) is 15.4 Å². The minimum Gasteiger partial charge on any atom is -0.391 e. The first-order chi connectivity index (χ1) is 9.84. The molecule has 3 N–H and O–H groups in total. The van der Waals surface area contributed by atoms with Crippen LogP contribution in [0, 0.1) is 11.7 Å². The third kappa shape index (κ3) is 3.61. The molecule has 1 fully saturated rings. The molecule has 0 heterocycles. The molecule has 114 valence electrons. The number of thiocarbonyl (C=S) groups is 1. The van der Waals surface area contributed by atoms with Crippen molar-refractivity contribution in [1.29, 1.82) is 0 Å². The van der Waals surface area contributed by atoms with Crippen LogP contribution in [0.25, 0.3) is 0 Å². The predicted octanol–water partition coefficient (Wildman–Crippen LogP) is 3.55. The topological polar surface area (TPSA) is 55.1 Å². The van der Waals surface area contributed by atoms with E-state index in [1.165, 1.54) is 18.2 Å². The fourth-order valence-corrected chi connectivity index (χ4v) is 3.33. The molecule has 2 rings (SSSR count). The van der Waals surface area contributed by atoms with E-state index in [-0.39, 0.29) is 11.5 Å². The van der Waals surface area contributed by atoms with Crippen molar-refractivity contribution >= 4 is 39.0 Å². The van der Waals surface area contributed by atoms with Gasteiger partial charge in [0.25, 0.3) is 5.91 Å². The van der Waals surface area contributed by atoms with Gasteiger partial charge in [-0.15, -0.1) is 0 Å². The van der Waals surface area contributed by atoms with E-state index in [0.717, 1.165) is 25.7 Å². The van der Waals surface area contributed by atoms with Gasteiger partial charge in [-0.3, -0.25) is 4.79 Å². The second-order valence-corrected chi connectivity index (χ2v) is 7.00. The number of carbonyl (C=O) groups excluding carboxylic acids is 1. The molecule has 0 bridgehead atoms. The van der Waals surface area contributed by atoms with Gasteiger partial charge in [0.1, 0.15) is 5.82 Å². The number of carbonyl (C=O) groups is 1. The highest BCUT2D eigenvalue weighted by molar-refractivity contribution is 9.10. The Kier molecular flexibility index (Phi) is 4.99. The molecule has 0 aromatic heterocycles. The van der Waals surface area contributed by atoms with Crippen molar-refractivity contribution in [2.75, 3.05) is 0 Å². The summed E-state index contributed by atoms with van der Waals surface area (Å²) in [5.74, 6) is -0.209. The van der Waals surface area contributed by atoms with Crippen LogP contribution in [0.3, 0.4) is 0 Å². The lowest BCUT2D eigenvalue weighted by atomic mass is 9.77. The Labute approximate surface area is 137 Å². The van der Waals surface area contributed by atoms with Crippen LogP contribution < -0.4 is 11.1 Å². The molecule has 1 aliphatic carbocycles. The standard InChI is InChI=1S/C15H18BrFN2OS/c1-9-4-6-15(7-5-9,14(18)21)19-13(20)11-8-10(17)2-3-12(11)16/h2-3,8-9H,4-7H2,1H3,(H2,18,21)(H,19,20). The Morgan fingerprint density at radius 3 is 2.67 bits per heavy atom. The van der Waals surface area contributed by atoms with Crippen molar-refractivity contribution in [2.24, 2.45) is 11.7 Å². The van der Waals surface area contributed by atoms with E-state index < -0.39 is 11.4 Å². The zero-order valence-electron chi connectivity index (χ0n) is 11.8. The van der Waals surface area contributed by atoms with Crippen LogP contribution in [0.1, 0.15) is 43.0 Å². The van der Waals surface area contributed by atoms with Crippen molar-refractivity contribution in [3.63, 3.8) is 0 Å². The van der Waals surface area contributed by atoms with E-state index in [1.807, 2.05) is 0 Å². The number of hydrogen-bond acceptors (Lipinski definition) is 2. The summed E-state index contributed by atoms with van der Waals surface area (Å²) < 4.78 is 13.9. The third-order valence-corrected chi connectivity index (χ3v) is 5.21. The molecule has 0 spiro atoms. The molecule has 3 nitrogen and oxygen atoms in total. The number of amides is 1. The van der Waals surface area contributed by atoms with E-state index in [4.69, 9.17) is 18.0 Å². The van der Waals surface area contributed by atoms with Gasteiger partial charge in [0.2, 0.25) is 0 Å². The maximum absolute atomic E-state index is 13.3. The Morgan fingerprint density at radius 2 is 2.10 bits per heavy atom. The lowest BCUT2D eigenvalue weighted by Crippen LogP contribution is -2.58. The molecular formula is C15H18BrFN2OS. The molecule has 1 aromatic rings. The fourth-order valence-electron chi connectivity index (χ4n) is 2.64. The zero-order valence-corrected chi connectivity index (χ0v) is 14.2. The molecular weight excluding hydrogens is 355 g/mol. The molecule has 1 amide bonds. The number of nitrogens with one attached hydrogen (secondary N) is 1. The van der Waals surface area contributed by atoms with E-state index in [9.17, 15) is 9.18 Å². The minimum absolute atomic E-state index is 0.254. The quantitative estimate of drug-likeness (QED) is 0.797. The summed E-state index contributed by atoms with van der Waals surface area (Å²) in [4.78, 5) is 12.8. The lowest BCUT2D eigenvalue weighted by molar-refractivity contribution is 0.0899. The van der Waals surface area contributed by atoms with Gasteiger partial charge in [0.15, 0.2) is 0 Å². The number of rotatable bonds is 3. The summed E-state index contributed by atoms with van der Waals surface area (Å²) in [6.45, 7) is 2.18. The Hall–Kier alpha value is -1.01. The molecule has 0 aliphatic heterocycles. The first-order valence-electron chi connectivity index (χ1n) is 6.91. The Bertz CT molecular complexity index is 571. The number of nitrogens with two attached hydrogens (primary N) is 1. The first kappa shape index (κ1) is 16.4. The van der Waals surface area contributed by atoms with Gasteiger partial charge in [-0.05, 0) is 65.7 Å². The fraction of sp³-hybridized carbons (Fsp3) is 0.467. The summed E-state index contributed by atoms with van der Waals surface area (Å²) in [7, 11) is 0. The van der Waals surface area contributed by atoms with Gasteiger partial charge in [0, 0.05) is 4.47 Å². The highest BCUT2D eigenvalue weighted by Gasteiger charge is 2.38. The molecule has 6 heteroatoms. The largest absolute Gasteiger partial charge is 0.391 e. The molecule has 1 saturated carbocycles. The molecule has 0 atom stereocenters. The Balaban J connectivity index is 2.23. The highest BCUT2D eigenvalue weighted by Crippen LogP contribution is 2.33. The lowest BCUT2D eigenvalue weighted by Gasteiger charge is -2.39. The van der Waals surface area contributed by atoms with Crippen LogP contribution in [0.2, 0.25) is 0 Å². The van der Waals surface area contributed by atoms with Gasteiger partial charge >= 0.3 is 0 Å². The Morgan fingerprint density at radius 1 is 1.48 bits per heavy atom. The normalized spacial score (nSPS) is 25.4. The molecule has 0 radical (unpaired) electrons. The van der Waals surface area contributed by atoms with Crippen molar-refractivity contribution in [1.82, 2.24) is 5.32 Å². The second-order valence-electron chi connectivity index (χ2n) is 5.71. The van der Waals surface area contributed by atoms with Gasteiger partial charge in [-0.25, -0.2) is 4.39 Å². The highest BCUT2D eigenvalue weighted by atomic mass is 79.9. The average molecular weight is 373 g/mol. The van der Waals surface area contributed by atoms with Crippen LogP contribution in [0.15, 0.2) is 22.7 Å². The maximum Gasteiger partial charge on any atom is 0.253 e.